The number of benzene rings is 1. The topological polar surface area (TPSA) is 18.5 Å². The van der Waals surface area contributed by atoms with E-state index in [2.05, 4.69) is 18.2 Å². The Labute approximate surface area is 89.5 Å². The molecule has 2 nitrogen and oxygen atoms in total. The first-order chi connectivity index (χ1) is 7.43. The number of fused-ring (bicyclic) bond motifs is 1. The molecule has 0 saturated carbocycles. The van der Waals surface area contributed by atoms with Gasteiger partial charge in [0.1, 0.15) is 11.9 Å². The molecule has 2 atom stereocenters. The second-order valence-corrected chi connectivity index (χ2v) is 4.03. The summed E-state index contributed by atoms with van der Waals surface area (Å²) in [5.41, 5.74) is 1.16. The third kappa shape index (κ3) is 1.65. The summed E-state index contributed by atoms with van der Waals surface area (Å²) in [6, 6.07) is 8.11. The molecule has 2 aliphatic rings. The molecule has 1 aromatic carbocycles. The Morgan fingerprint density at radius 3 is 3.00 bits per heavy atom. The Hall–Kier alpha value is -1.28. The Bertz CT molecular complexity index is 378. The van der Waals surface area contributed by atoms with Gasteiger partial charge in [-0.15, -0.1) is 0 Å². The quantitative estimate of drug-likeness (QED) is 0.697. The Morgan fingerprint density at radius 2 is 2.13 bits per heavy atom. The van der Waals surface area contributed by atoms with Gasteiger partial charge in [0.25, 0.3) is 0 Å². The van der Waals surface area contributed by atoms with Crippen LogP contribution in [0.2, 0.25) is 0 Å². The van der Waals surface area contributed by atoms with Crippen molar-refractivity contribution in [2.24, 2.45) is 0 Å². The van der Waals surface area contributed by atoms with Crippen molar-refractivity contribution in [3.63, 3.8) is 0 Å². The molecule has 1 saturated heterocycles. The van der Waals surface area contributed by atoms with Crippen molar-refractivity contribution in [3.05, 3.63) is 35.9 Å². The molecule has 0 bridgehead atoms. The van der Waals surface area contributed by atoms with Gasteiger partial charge in [-0.2, -0.15) is 0 Å². The second-order valence-electron chi connectivity index (χ2n) is 4.03. The highest BCUT2D eigenvalue weighted by Gasteiger charge is 2.27. The lowest BCUT2D eigenvalue weighted by molar-refractivity contribution is 0.0337. The van der Waals surface area contributed by atoms with E-state index in [0.717, 1.165) is 30.8 Å². The van der Waals surface area contributed by atoms with E-state index in [0.29, 0.717) is 0 Å². The van der Waals surface area contributed by atoms with Crippen molar-refractivity contribution in [2.75, 3.05) is 6.61 Å². The maximum atomic E-state index is 5.90. The molecule has 1 fully saturated rings. The molecule has 2 aliphatic heterocycles. The molecule has 1 aromatic rings. The molecule has 0 aromatic heterocycles. The highest BCUT2D eigenvalue weighted by molar-refractivity contribution is 5.59. The summed E-state index contributed by atoms with van der Waals surface area (Å²) in [5, 5.41) is 0. The summed E-state index contributed by atoms with van der Waals surface area (Å²) in [6.45, 7) is 0.875. The molecule has 2 heteroatoms. The van der Waals surface area contributed by atoms with E-state index >= 15 is 0 Å². The van der Waals surface area contributed by atoms with Gasteiger partial charge < -0.3 is 9.47 Å². The lowest BCUT2D eigenvalue weighted by atomic mass is 10.0. The van der Waals surface area contributed by atoms with Crippen LogP contribution in [0.4, 0.5) is 0 Å². The minimum Gasteiger partial charge on any atom is -0.483 e. The normalized spacial score (nSPS) is 28.5. The zero-order chi connectivity index (χ0) is 10.1. The predicted octanol–water partition coefficient (Wildman–Crippen LogP) is 2.64. The van der Waals surface area contributed by atoms with Crippen molar-refractivity contribution in [1.29, 1.82) is 0 Å². The zero-order valence-corrected chi connectivity index (χ0v) is 8.56. The molecular formula is C13H14O2. The summed E-state index contributed by atoms with van der Waals surface area (Å²) in [5.74, 6) is 0.973. The summed E-state index contributed by atoms with van der Waals surface area (Å²) >= 11 is 0. The van der Waals surface area contributed by atoms with E-state index in [9.17, 15) is 0 Å². The van der Waals surface area contributed by atoms with Gasteiger partial charge in [-0.3, -0.25) is 0 Å². The van der Waals surface area contributed by atoms with Gasteiger partial charge in [-0.1, -0.05) is 24.3 Å². The maximum Gasteiger partial charge on any atom is 0.143 e. The van der Waals surface area contributed by atoms with Crippen LogP contribution >= 0.6 is 0 Å². The van der Waals surface area contributed by atoms with Crippen molar-refractivity contribution in [2.45, 2.75) is 25.0 Å². The lowest BCUT2D eigenvalue weighted by Gasteiger charge is -2.25. The minimum absolute atomic E-state index is 0.0994. The lowest BCUT2D eigenvalue weighted by Crippen LogP contribution is -2.30. The van der Waals surface area contributed by atoms with Gasteiger partial charge in [-0.25, -0.2) is 0 Å². The molecule has 0 radical (unpaired) electrons. The standard InChI is InChI=1S/C13H14O2/c1-2-5-11-10(4-1)7-8-13(15-11)12-6-3-9-14-12/h1-2,4-5,7-8,12-13H,3,6,9H2/t12-,13?/m0/s1. The highest BCUT2D eigenvalue weighted by Crippen LogP contribution is 2.29. The van der Waals surface area contributed by atoms with Crippen LogP contribution in [0.3, 0.4) is 0 Å². The third-order valence-corrected chi connectivity index (χ3v) is 2.98. The molecule has 2 heterocycles. The van der Waals surface area contributed by atoms with Crippen LogP contribution in [0.1, 0.15) is 18.4 Å². The first-order valence-corrected chi connectivity index (χ1v) is 5.49. The van der Waals surface area contributed by atoms with Crippen LogP contribution in [0.25, 0.3) is 6.08 Å². The smallest absolute Gasteiger partial charge is 0.143 e. The van der Waals surface area contributed by atoms with Crippen molar-refractivity contribution >= 4 is 6.08 Å². The number of hydrogen-bond acceptors (Lipinski definition) is 2. The molecule has 78 valence electrons. The Balaban J connectivity index is 1.82. The van der Waals surface area contributed by atoms with Gasteiger partial charge >= 0.3 is 0 Å². The molecule has 0 aliphatic carbocycles. The summed E-state index contributed by atoms with van der Waals surface area (Å²) in [4.78, 5) is 0. The molecule has 0 spiro atoms. The SMILES string of the molecule is C1=CC([C@@H]2CCCO2)Oc2ccccc21. The van der Waals surface area contributed by atoms with Crippen molar-refractivity contribution in [3.8, 4) is 5.75 Å². The number of para-hydroxylation sites is 1. The van der Waals surface area contributed by atoms with Gasteiger partial charge in [0.05, 0.1) is 6.10 Å². The van der Waals surface area contributed by atoms with Crippen LogP contribution in [0.15, 0.2) is 30.3 Å². The molecule has 0 amide bonds. The van der Waals surface area contributed by atoms with Crippen molar-refractivity contribution < 1.29 is 9.47 Å². The number of hydrogen-bond donors (Lipinski definition) is 0. The van der Waals surface area contributed by atoms with E-state index < -0.39 is 0 Å². The second kappa shape index (κ2) is 3.70. The molecule has 15 heavy (non-hydrogen) atoms. The monoisotopic (exact) mass is 202 g/mol. The first kappa shape index (κ1) is 8.98. The Kier molecular flexibility index (Phi) is 2.22. The minimum atomic E-state index is 0.0994. The van der Waals surface area contributed by atoms with Gasteiger partial charge in [0, 0.05) is 12.2 Å². The first-order valence-electron chi connectivity index (χ1n) is 5.49. The number of ether oxygens (including phenoxy) is 2. The predicted molar refractivity (Wildman–Crippen MR) is 58.9 cm³/mol. The molecule has 3 rings (SSSR count). The number of rotatable bonds is 1. The zero-order valence-electron chi connectivity index (χ0n) is 8.56. The fraction of sp³-hybridized carbons (Fsp3) is 0.385. The molecular weight excluding hydrogens is 188 g/mol. The van der Waals surface area contributed by atoms with Crippen LogP contribution in [0, 0.1) is 0 Å². The molecule has 0 N–H and O–H groups in total. The van der Waals surface area contributed by atoms with E-state index in [-0.39, 0.29) is 12.2 Å². The van der Waals surface area contributed by atoms with Crippen molar-refractivity contribution in [1.82, 2.24) is 0 Å². The van der Waals surface area contributed by atoms with Crippen LogP contribution in [-0.4, -0.2) is 18.8 Å². The van der Waals surface area contributed by atoms with Gasteiger partial charge in [0.15, 0.2) is 0 Å². The Morgan fingerprint density at radius 1 is 1.20 bits per heavy atom. The largest absolute Gasteiger partial charge is 0.483 e. The average Bonchev–Trinajstić information content (AvgIpc) is 2.82. The highest BCUT2D eigenvalue weighted by atomic mass is 16.5. The molecule has 1 unspecified atom stereocenters. The van der Waals surface area contributed by atoms with Crippen LogP contribution in [0.5, 0.6) is 5.75 Å². The maximum absolute atomic E-state index is 5.90. The van der Waals surface area contributed by atoms with E-state index in [1.165, 1.54) is 0 Å². The average molecular weight is 202 g/mol. The van der Waals surface area contributed by atoms with Crippen LogP contribution < -0.4 is 4.74 Å². The summed E-state index contributed by atoms with van der Waals surface area (Å²) < 4.78 is 11.5. The third-order valence-electron chi connectivity index (χ3n) is 2.98. The fourth-order valence-corrected chi connectivity index (χ4v) is 2.17. The van der Waals surface area contributed by atoms with E-state index in [4.69, 9.17) is 9.47 Å². The summed E-state index contributed by atoms with van der Waals surface area (Å²) in [6.07, 6.45) is 6.85. The van der Waals surface area contributed by atoms with E-state index in [1.54, 1.807) is 0 Å². The summed E-state index contributed by atoms with van der Waals surface area (Å²) in [7, 11) is 0. The van der Waals surface area contributed by atoms with Gasteiger partial charge in [-0.05, 0) is 25.0 Å². The fourth-order valence-electron chi connectivity index (χ4n) is 2.17. The van der Waals surface area contributed by atoms with Crippen LogP contribution in [-0.2, 0) is 4.74 Å². The van der Waals surface area contributed by atoms with E-state index in [1.807, 2.05) is 18.2 Å². The van der Waals surface area contributed by atoms with Gasteiger partial charge in [0.2, 0.25) is 0 Å².